The van der Waals surface area contributed by atoms with Crippen molar-refractivity contribution in [1.82, 2.24) is 0 Å². The summed E-state index contributed by atoms with van der Waals surface area (Å²) in [5.74, 6) is -2.29. The molecule has 0 bridgehead atoms. The number of ether oxygens (including phenoxy) is 2. The van der Waals surface area contributed by atoms with E-state index in [1.54, 1.807) is 0 Å². The number of hydrogen-bond acceptors (Lipinski definition) is 3. The Morgan fingerprint density at radius 1 is 1.25 bits per heavy atom. The van der Waals surface area contributed by atoms with E-state index in [2.05, 4.69) is 0 Å². The fraction of sp³-hybridized carbons (Fsp3) is 0.455. The van der Waals surface area contributed by atoms with Gasteiger partial charge in [-0.05, 0) is 17.7 Å². The molecule has 0 saturated carbocycles. The Labute approximate surface area is 91.6 Å². The number of rotatable bonds is 2. The SMILES string of the molecule is CC(F)(F)c1cc2c(cc1CO)OCCO2. The van der Waals surface area contributed by atoms with Crippen LogP contribution in [0.5, 0.6) is 11.5 Å². The van der Waals surface area contributed by atoms with E-state index < -0.39 is 12.5 Å². The molecule has 0 fully saturated rings. The maximum absolute atomic E-state index is 13.3. The largest absolute Gasteiger partial charge is 0.486 e. The van der Waals surface area contributed by atoms with Gasteiger partial charge in [-0.25, -0.2) is 8.78 Å². The summed E-state index contributed by atoms with van der Waals surface area (Å²) >= 11 is 0. The van der Waals surface area contributed by atoms with Gasteiger partial charge in [0.2, 0.25) is 0 Å². The third-order valence-electron chi connectivity index (χ3n) is 2.41. The molecule has 0 amide bonds. The molecule has 1 aromatic carbocycles. The van der Waals surface area contributed by atoms with Crippen LogP contribution in [0.15, 0.2) is 12.1 Å². The van der Waals surface area contributed by atoms with Crippen molar-refractivity contribution in [2.45, 2.75) is 19.5 Å². The van der Waals surface area contributed by atoms with Gasteiger partial charge in [0.05, 0.1) is 6.61 Å². The van der Waals surface area contributed by atoms with E-state index in [4.69, 9.17) is 14.6 Å². The highest BCUT2D eigenvalue weighted by Gasteiger charge is 2.30. The molecule has 5 heteroatoms. The number of halogens is 2. The van der Waals surface area contributed by atoms with Crippen LogP contribution in [0.25, 0.3) is 0 Å². The Kier molecular flexibility index (Phi) is 2.71. The molecule has 1 aromatic rings. The number of aliphatic hydroxyl groups excluding tert-OH is 1. The standard InChI is InChI=1S/C11H12F2O3/c1-11(12,13)8-5-10-9(4-7(8)6-14)15-2-3-16-10/h4-5,14H,2-3,6H2,1H3. The van der Waals surface area contributed by atoms with Crippen LogP contribution in [-0.4, -0.2) is 18.3 Å². The molecule has 0 atom stereocenters. The molecule has 0 aliphatic carbocycles. The zero-order chi connectivity index (χ0) is 11.8. The van der Waals surface area contributed by atoms with Crippen molar-refractivity contribution in [1.29, 1.82) is 0 Å². The average Bonchev–Trinajstić information content (AvgIpc) is 2.26. The van der Waals surface area contributed by atoms with Crippen molar-refractivity contribution in [2.24, 2.45) is 0 Å². The Bertz CT molecular complexity index is 399. The predicted octanol–water partition coefficient (Wildman–Crippen LogP) is 2.06. The Morgan fingerprint density at radius 3 is 2.31 bits per heavy atom. The molecule has 2 rings (SSSR count). The van der Waals surface area contributed by atoms with Crippen molar-refractivity contribution in [3.63, 3.8) is 0 Å². The van der Waals surface area contributed by atoms with Gasteiger partial charge in [-0.3, -0.25) is 0 Å². The number of hydrogen-bond donors (Lipinski definition) is 1. The van der Waals surface area contributed by atoms with E-state index in [1.165, 1.54) is 12.1 Å². The fourth-order valence-electron chi connectivity index (χ4n) is 1.67. The third-order valence-corrected chi connectivity index (χ3v) is 2.41. The lowest BCUT2D eigenvalue weighted by Gasteiger charge is -2.22. The smallest absolute Gasteiger partial charge is 0.271 e. The summed E-state index contributed by atoms with van der Waals surface area (Å²) in [7, 11) is 0. The second kappa shape index (κ2) is 3.90. The molecule has 0 aromatic heterocycles. The minimum absolute atomic E-state index is 0.164. The minimum atomic E-state index is -3.01. The van der Waals surface area contributed by atoms with Crippen LogP contribution in [0, 0.1) is 0 Å². The van der Waals surface area contributed by atoms with Crippen LogP contribution < -0.4 is 9.47 Å². The lowest BCUT2D eigenvalue weighted by atomic mass is 10.0. The van der Waals surface area contributed by atoms with Gasteiger partial charge in [-0.1, -0.05) is 0 Å². The zero-order valence-electron chi connectivity index (χ0n) is 8.80. The van der Waals surface area contributed by atoms with Crippen molar-refractivity contribution in [2.75, 3.05) is 13.2 Å². The quantitative estimate of drug-likeness (QED) is 0.845. The molecule has 1 aliphatic heterocycles. The summed E-state index contributed by atoms with van der Waals surface area (Å²) in [6, 6.07) is 2.64. The van der Waals surface area contributed by atoms with Crippen molar-refractivity contribution < 1.29 is 23.4 Å². The highest BCUT2D eigenvalue weighted by Crippen LogP contribution is 2.39. The fourth-order valence-corrected chi connectivity index (χ4v) is 1.67. The lowest BCUT2D eigenvalue weighted by Crippen LogP contribution is -2.18. The summed E-state index contributed by atoms with van der Waals surface area (Å²) in [5, 5.41) is 9.05. The molecular formula is C11H12F2O3. The molecule has 0 spiro atoms. The van der Waals surface area contributed by atoms with E-state index in [1.807, 2.05) is 0 Å². The van der Waals surface area contributed by atoms with Crippen LogP contribution in [0.1, 0.15) is 18.1 Å². The van der Waals surface area contributed by atoms with Crippen LogP contribution in [-0.2, 0) is 12.5 Å². The highest BCUT2D eigenvalue weighted by atomic mass is 19.3. The normalized spacial score (nSPS) is 15.0. The first-order valence-corrected chi connectivity index (χ1v) is 4.94. The zero-order valence-corrected chi connectivity index (χ0v) is 8.80. The second-order valence-electron chi connectivity index (χ2n) is 3.70. The van der Waals surface area contributed by atoms with Crippen molar-refractivity contribution in [3.8, 4) is 11.5 Å². The first-order valence-electron chi connectivity index (χ1n) is 4.94. The Hall–Kier alpha value is -1.36. The molecular weight excluding hydrogens is 218 g/mol. The van der Waals surface area contributed by atoms with Gasteiger partial charge in [0.15, 0.2) is 11.5 Å². The van der Waals surface area contributed by atoms with Gasteiger partial charge in [0.1, 0.15) is 13.2 Å². The van der Waals surface area contributed by atoms with Gasteiger partial charge >= 0.3 is 0 Å². The molecule has 0 radical (unpaired) electrons. The average molecular weight is 230 g/mol. The highest BCUT2D eigenvalue weighted by molar-refractivity contribution is 5.49. The molecule has 16 heavy (non-hydrogen) atoms. The first-order chi connectivity index (χ1) is 7.52. The molecule has 88 valence electrons. The molecule has 0 unspecified atom stereocenters. The van der Waals surface area contributed by atoms with E-state index in [0.717, 1.165) is 6.92 Å². The van der Waals surface area contributed by atoms with E-state index in [9.17, 15) is 8.78 Å². The molecule has 1 heterocycles. The van der Waals surface area contributed by atoms with E-state index in [0.29, 0.717) is 24.7 Å². The number of aliphatic hydroxyl groups is 1. The molecule has 1 N–H and O–H groups in total. The van der Waals surface area contributed by atoms with Crippen molar-refractivity contribution in [3.05, 3.63) is 23.3 Å². The maximum atomic E-state index is 13.3. The Balaban J connectivity index is 2.52. The third kappa shape index (κ3) is 1.95. The summed E-state index contributed by atoms with van der Waals surface area (Å²) in [4.78, 5) is 0. The van der Waals surface area contributed by atoms with E-state index in [-0.39, 0.29) is 11.1 Å². The number of alkyl halides is 2. The Morgan fingerprint density at radius 2 is 1.81 bits per heavy atom. The van der Waals surface area contributed by atoms with Gasteiger partial charge in [0, 0.05) is 12.5 Å². The van der Waals surface area contributed by atoms with Crippen LogP contribution >= 0.6 is 0 Å². The topological polar surface area (TPSA) is 38.7 Å². The van der Waals surface area contributed by atoms with Gasteiger partial charge in [-0.2, -0.15) is 0 Å². The lowest BCUT2D eigenvalue weighted by molar-refractivity contribution is 0.0147. The molecule has 3 nitrogen and oxygen atoms in total. The monoisotopic (exact) mass is 230 g/mol. The van der Waals surface area contributed by atoms with Gasteiger partial charge < -0.3 is 14.6 Å². The van der Waals surface area contributed by atoms with Crippen LogP contribution in [0.4, 0.5) is 8.78 Å². The molecule has 0 saturated heterocycles. The first kappa shape index (κ1) is 11.1. The van der Waals surface area contributed by atoms with Gasteiger partial charge in [0.25, 0.3) is 5.92 Å². The summed E-state index contributed by atoms with van der Waals surface area (Å²) in [5.41, 5.74) is -0.0593. The second-order valence-corrected chi connectivity index (χ2v) is 3.70. The van der Waals surface area contributed by atoms with Crippen LogP contribution in [0.3, 0.4) is 0 Å². The minimum Gasteiger partial charge on any atom is -0.486 e. The number of fused-ring (bicyclic) bond motifs is 1. The maximum Gasteiger partial charge on any atom is 0.271 e. The van der Waals surface area contributed by atoms with E-state index >= 15 is 0 Å². The van der Waals surface area contributed by atoms with Crippen LogP contribution in [0.2, 0.25) is 0 Å². The number of benzene rings is 1. The van der Waals surface area contributed by atoms with Crippen molar-refractivity contribution >= 4 is 0 Å². The summed E-state index contributed by atoms with van der Waals surface area (Å²) in [6.07, 6.45) is 0. The molecule has 1 aliphatic rings. The summed E-state index contributed by atoms with van der Waals surface area (Å²) < 4.78 is 37.0. The van der Waals surface area contributed by atoms with Gasteiger partial charge in [-0.15, -0.1) is 0 Å². The predicted molar refractivity (Wildman–Crippen MR) is 52.9 cm³/mol. The summed E-state index contributed by atoms with van der Waals surface area (Å²) in [6.45, 7) is 1.08.